The lowest BCUT2D eigenvalue weighted by atomic mass is 10.2. The van der Waals surface area contributed by atoms with E-state index in [0.717, 1.165) is 19.4 Å². The number of nitrogens with one attached hydrogen (secondary N) is 1. The second kappa shape index (κ2) is 8.17. The summed E-state index contributed by atoms with van der Waals surface area (Å²) in [5.74, 6) is -0.889. The molecule has 0 aromatic carbocycles. The molecule has 132 valence electrons. The van der Waals surface area contributed by atoms with Gasteiger partial charge in [-0.3, -0.25) is 9.78 Å². The molecule has 0 saturated carbocycles. The van der Waals surface area contributed by atoms with Gasteiger partial charge in [0.25, 0.3) is 5.91 Å². The largest absolute Gasteiger partial charge is 0.451 e. The first kappa shape index (κ1) is 17.5. The standard InChI is InChI=1S/C17H19N3O4S/c1-11-15(25-16(20-11)13-6-2-3-7-18-13)17(22)24-10-14(21)19-9-12-5-4-8-23-12/h2-3,6-7,12H,4-5,8-10H2,1H3,(H,19,21)/t12-/m0/s1. The van der Waals surface area contributed by atoms with Crippen LogP contribution in [0.2, 0.25) is 0 Å². The van der Waals surface area contributed by atoms with Crippen LogP contribution in [0.1, 0.15) is 28.2 Å². The minimum absolute atomic E-state index is 0.0596. The highest BCUT2D eigenvalue weighted by Gasteiger charge is 2.20. The van der Waals surface area contributed by atoms with Crippen LogP contribution in [-0.2, 0) is 14.3 Å². The topological polar surface area (TPSA) is 90.4 Å². The molecule has 1 amide bonds. The van der Waals surface area contributed by atoms with Crippen LogP contribution >= 0.6 is 11.3 Å². The summed E-state index contributed by atoms with van der Waals surface area (Å²) < 4.78 is 10.5. The van der Waals surface area contributed by atoms with Crippen molar-refractivity contribution in [1.82, 2.24) is 15.3 Å². The Morgan fingerprint density at radius 2 is 2.32 bits per heavy atom. The van der Waals surface area contributed by atoms with Crippen LogP contribution in [0.15, 0.2) is 24.4 Å². The number of aromatic nitrogens is 2. The van der Waals surface area contributed by atoms with E-state index in [1.54, 1.807) is 13.1 Å². The Balaban J connectivity index is 1.52. The van der Waals surface area contributed by atoms with E-state index in [1.165, 1.54) is 11.3 Å². The normalized spacial score (nSPS) is 16.6. The van der Waals surface area contributed by atoms with E-state index in [-0.39, 0.29) is 18.6 Å². The van der Waals surface area contributed by atoms with E-state index >= 15 is 0 Å². The molecule has 7 nitrogen and oxygen atoms in total. The highest BCUT2D eigenvalue weighted by atomic mass is 32.1. The van der Waals surface area contributed by atoms with E-state index in [1.807, 2.05) is 18.2 Å². The van der Waals surface area contributed by atoms with E-state index < -0.39 is 5.97 Å². The van der Waals surface area contributed by atoms with Gasteiger partial charge in [-0.25, -0.2) is 9.78 Å². The van der Waals surface area contributed by atoms with Gasteiger partial charge in [-0.15, -0.1) is 11.3 Å². The molecule has 2 aromatic heterocycles. The first-order valence-corrected chi connectivity index (χ1v) is 8.89. The van der Waals surface area contributed by atoms with Crippen LogP contribution in [0.5, 0.6) is 0 Å². The minimum atomic E-state index is -0.551. The maximum Gasteiger partial charge on any atom is 0.350 e. The van der Waals surface area contributed by atoms with Crippen LogP contribution in [0.4, 0.5) is 0 Å². The lowest BCUT2D eigenvalue weighted by Gasteiger charge is -2.10. The zero-order valence-corrected chi connectivity index (χ0v) is 14.7. The molecule has 0 spiro atoms. The summed E-state index contributed by atoms with van der Waals surface area (Å²) in [6.07, 6.45) is 3.68. The average molecular weight is 361 g/mol. The predicted molar refractivity (Wildman–Crippen MR) is 92.3 cm³/mol. The van der Waals surface area contributed by atoms with Crippen molar-refractivity contribution in [3.8, 4) is 10.7 Å². The lowest BCUT2D eigenvalue weighted by Crippen LogP contribution is -2.34. The molecule has 25 heavy (non-hydrogen) atoms. The molecular weight excluding hydrogens is 342 g/mol. The van der Waals surface area contributed by atoms with Gasteiger partial charge in [0.05, 0.1) is 17.5 Å². The minimum Gasteiger partial charge on any atom is -0.451 e. The fourth-order valence-corrected chi connectivity index (χ4v) is 3.40. The predicted octanol–water partition coefficient (Wildman–Crippen LogP) is 1.97. The van der Waals surface area contributed by atoms with Crippen molar-refractivity contribution in [3.05, 3.63) is 35.0 Å². The molecule has 8 heteroatoms. The molecular formula is C17H19N3O4S. The molecule has 0 unspecified atom stereocenters. The maximum atomic E-state index is 12.2. The maximum absolute atomic E-state index is 12.2. The second-order valence-electron chi connectivity index (χ2n) is 5.66. The lowest BCUT2D eigenvalue weighted by molar-refractivity contribution is -0.124. The fourth-order valence-electron chi connectivity index (χ4n) is 2.47. The van der Waals surface area contributed by atoms with Gasteiger partial charge >= 0.3 is 5.97 Å². The quantitative estimate of drug-likeness (QED) is 0.791. The highest BCUT2D eigenvalue weighted by Crippen LogP contribution is 2.26. The Morgan fingerprint density at radius 1 is 1.44 bits per heavy atom. The van der Waals surface area contributed by atoms with Crippen LogP contribution in [0, 0.1) is 6.92 Å². The highest BCUT2D eigenvalue weighted by molar-refractivity contribution is 7.17. The number of amides is 1. The van der Waals surface area contributed by atoms with Gasteiger partial charge in [-0.1, -0.05) is 6.07 Å². The SMILES string of the molecule is Cc1nc(-c2ccccn2)sc1C(=O)OCC(=O)NC[C@@H]1CCCO1. The van der Waals surface area contributed by atoms with Gasteiger partial charge in [0.2, 0.25) is 0 Å². The molecule has 1 fully saturated rings. The first-order valence-electron chi connectivity index (χ1n) is 8.07. The summed E-state index contributed by atoms with van der Waals surface area (Å²) >= 11 is 1.21. The van der Waals surface area contributed by atoms with Gasteiger partial charge in [0.15, 0.2) is 6.61 Å². The Bertz CT molecular complexity index is 742. The molecule has 3 heterocycles. The van der Waals surface area contributed by atoms with Crippen molar-refractivity contribution in [3.63, 3.8) is 0 Å². The molecule has 1 aliphatic heterocycles. The summed E-state index contributed by atoms with van der Waals surface area (Å²) in [4.78, 5) is 32.9. The smallest absolute Gasteiger partial charge is 0.350 e. The van der Waals surface area contributed by atoms with Gasteiger partial charge in [-0.05, 0) is 31.9 Å². The van der Waals surface area contributed by atoms with Gasteiger partial charge in [0, 0.05) is 19.3 Å². The van der Waals surface area contributed by atoms with Crippen molar-refractivity contribution < 1.29 is 19.1 Å². The van der Waals surface area contributed by atoms with E-state index in [4.69, 9.17) is 9.47 Å². The van der Waals surface area contributed by atoms with E-state index in [2.05, 4.69) is 15.3 Å². The number of thiazole rings is 1. The summed E-state index contributed by atoms with van der Waals surface area (Å²) in [5.41, 5.74) is 1.26. The number of rotatable bonds is 6. The van der Waals surface area contributed by atoms with Crippen molar-refractivity contribution >= 4 is 23.2 Å². The van der Waals surface area contributed by atoms with E-state index in [9.17, 15) is 9.59 Å². The Kier molecular flexibility index (Phi) is 5.72. The zero-order valence-electron chi connectivity index (χ0n) is 13.9. The number of carbonyl (C=O) groups excluding carboxylic acids is 2. The van der Waals surface area contributed by atoms with Gasteiger partial charge in [-0.2, -0.15) is 0 Å². The third-order valence-electron chi connectivity index (χ3n) is 3.75. The van der Waals surface area contributed by atoms with Crippen LogP contribution in [0.25, 0.3) is 10.7 Å². The summed E-state index contributed by atoms with van der Waals surface area (Å²) in [7, 11) is 0. The van der Waals surface area contributed by atoms with E-state index in [0.29, 0.717) is 27.8 Å². The Labute approximate surface area is 149 Å². The molecule has 2 aromatic rings. The summed E-state index contributed by atoms with van der Waals surface area (Å²) in [6.45, 7) is 2.59. The molecule has 0 aliphatic carbocycles. The molecule has 1 saturated heterocycles. The van der Waals surface area contributed by atoms with Crippen molar-refractivity contribution in [1.29, 1.82) is 0 Å². The number of nitrogens with zero attached hydrogens (tertiary/aromatic N) is 2. The number of hydrogen-bond acceptors (Lipinski definition) is 7. The Morgan fingerprint density at radius 3 is 3.04 bits per heavy atom. The number of esters is 1. The Hall–Kier alpha value is -2.32. The molecule has 1 aliphatic rings. The monoisotopic (exact) mass is 361 g/mol. The molecule has 0 radical (unpaired) electrons. The number of carbonyl (C=O) groups is 2. The molecule has 0 bridgehead atoms. The van der Waals surface area contributed by atoms with Crippen molar-refractivity contribution in [2.45, 2.75) is 25.9 Å². The van der Waals surface area contributed by atoms with Crippen LogP contribution in [0.3, 0.4) is 0 Å². The number of hydrogen-bond donors (Lipinski definition) is 1. The summed E-state index contributed by atoms with van der Waals surface area (Å²) in [5, 5.41) is 3.36. The van der Waals surface area contributed by atoms with Crippen LogP contribution < -0.4 is 5.32 Å². The molecule has 1 atom stereocenters. The third-order valence-corrected chi connectivity index (χ3v) is 4.91. The van der Waals surface area contributed by atoms with Crippen molar-refractivity contribution in [2.75, 3.05) is 19.8 Å². The molecule has 3 rings (SSSR count). The third kappa shape index (κ3) is 4.61. The van der Waals surface area contributed by atoms with Gasteiger partial charge in [0.1, 0.15) is 9.88 Å². The average Bonchev–Trinajstić information content (AvgIpc) is 3.28. The summed E-state index contributed by atoms with van der Waals surface area (Å²) in [6, 6.07) is 5.50. The van der Waals surface area contributed by atoms with Crippen LogP contribution in [-0.4, -0.2) is 47.7 Å². The number of pyridine rings is 1. The first-order chi connectivity index (χ1) is 12.1. The zero-order chi connectivity index (χ0) is 17.6. The number of ether oxygens (including phenoxy) is 2. The fraction of sp³-hybridized carbons (Fsp3) is 0.412. The molecule has 1 N–H and O–H groups in total. The van der Waals surface area contributed by atoms with Gasteiger partial charge < -0.3 is 14.8 Å². The number of aryl methyl sites for hydroxylation is 1. The van der Waals surface area contributed by atoms with Crippen molar-refractivity contribution in [2.24, 2.45) is 0 Å². The second-order valence-corrected chi connectivity index (χ2v) is 6.66.